The van der Waals surface area contributed by atoms with Gasteiger partial charge >= 0.3 is 0 Å². The van der Waals surface area contributed by atoms with Gasteiger partial charge in [-0.3, -0.25) is 9.69 Å². The number of carbonyl (C=O) groups excluding carboxylic acids is 1. The Morgan fingerprint density at radius 3 is 2.00 bits per heavy atom. The molecule has 0 aliphatic heterocycles. The van der Waals surface area contributed by atoms with Crippen LogP contribution in [0.4, 0.5) is 0 Å². The maximum absolute atomic E-state index is 11.9. The maximum Gasteiger partial charge on any atom is 0.133 e. The van der Waals surface area contributed by atoms with Crippen molar-refractivity contribution in [1.82, 2.24) is 4.90 Å². The molecule has 1 aliphatic rings. The Bertz CT molecular complexity index is 921. The first-order valence-electron chi connectivity index (χ1n) is 11.9. The van der Waals surface area contributed by atoms with Gasteiger partial charge in [0.25, 0.3) is 0 Å². The molecule has 2 atom stereocenters. The van der Waals surface area contributed by atoms with Gasteiger partial charge in [0, 0.05) is 18.9 Å². The van der Waals surface area contributed by atoms with E-state index in [9.17, 15) is 4.79 Å². The molecule has 32 heavy (non-hydrogen) atoms. The van der Waals surface area contributed by atoms with Crippen molar-refractivity contribution in [1.29, 1.82) is 0 Å². The van der Waals surface area contributed by atoms with Gasteiger partial charge in [0.05, 0.1) is 0 Å². The van der Waals surface area contributed by atoms with Crippen LogP contribution >= 0.6 is 7.92 Å². The van der Waals surface area contributed by atoms with Gasteiger partial charge in [-0.2, -0.15) is 0 Å². The summed E-state index contributed by atoms with van der Waals surface area (Å²) in [4.78, 5) is 14.5. The third-order valence-electron chi connectivity index (χ3n) is 6.68. The summed E-state index contributed by atoms with van der Waals surface area (Å²) in [5.41, 5.74) is 1.38. The Kier molecular flexibility index (Phi) is 8.26. The molecular weight excluding hydrogens is 409 g/mol. The summed E-state index contributed by atoms with van der Waals surface area (Å²) in [6.07, 6.45) is 6.05. The minimum atomic E-state index is -0.475. The van der Waals surface area contributed by atoms with Crippen LogP contribution in [0.15, 0.2) is 91.0 Å². The predicted molar refractivity (Wildman–Crippen MR) is 137 cm³/mol. The smallest absolute Gasteiger partial charge is 0.133 e. The first-order chi connectivity index (χ1) is 15.7. The number of nitrogens with zero attached hydrogens (tertiary/aromatic N) is 1. The molecule has 1 fully saturated rings. The van der Waals surface area contributed by atoms with E-state index in [0.29, 0.717) is 17.7 Å². The van der Waals surface area contributed by atoms with E-state index in [4.69, 9.17) is 0 Å². The van der Waals surface area contributed by atoms with Crippen LogP contribution in [0.2, 0.25) is 0 Å². The molecule has 2 nitrogen and oxygen atoms in total. The largest absolute Gasteiger partial charge is 0.300 e. The Labute approximate surface area is 194 Å². The van der Waals surface area contributed by atoms with Crippen LogP contribution in [0.1, 0.15) is 43.7 Å². The van der Waals surface area contributed by atoms with Gasteiger partial charge in [0.1, 0.15) is 5.78 Å². The van der Waals surface area contributed by atoms with E-state index in [1.807, 2.05) is 0 Å². The lowest BCUT2D eigenvalue weighted by Gasteiger charge is -2.33. The first kappa shape index (κ1) is 22.9. The molecule has 0 amide bonds. The second kappa shape index (κ2) is 11.5. The van der Waals surface area contributed by atoms with Gasteiger partial charge in [-0.05, 0) is 69.0 Å². The quantitative estimate of drug-likeness (QED) is 0.381. The summed E-state index contributed by atoms with van der Waals surface area (Å²) < 4.78 is 0. The molecular formula is C29H34NOP. The standard InChI is InChI=1S/C29H34NOP/c1-30(21-20-24-12-11-15-26(31)22-24)29(25-13-5-2-6-14-25)23-32(27-16-7-3-8-17-27)28-18-9-4-10-19-28/h2-10,13-14,16-19,24,29H,11-12,15,20-23H2,1H3. The van der Waals surface area contributed by atoms with Crippen molar-refractivity contribution in [2.24, 2.45) is 5.92 Å². The molecule has 0 aromatic heterocycles. The molecule has 1 saturated carbocycles. The zero-order valence-corrected chi connectivity index (χ0v) is 20.0. The first-order valence-corrected chi connectivity index (χ1v) is 13.4. The summed E-state index contributed by atoms with van der Waals surface area (Å²) >= 11 is 0. The van der Waals surface area contributed by atoms with Crippen LogP contribution in [0.25, 0.3) is 0 Å². The Balaban J connectivity index is 1.57. The molecule has 4 rings (SSSR count). The van der Waals surface area contributed by atoms with Gasteiger partial charge in [-0.25, -0.2) is 0 Å². The molecule has 3 aromatic rings. The molecule has 0 N–H and O–H groups in total. The van der Waals surface area contributed by atoms with Crippen LogP contribution < -0.4 is 10.6 Å². The number of ketones is 1. The number of hydrogen-bond acceptors (Lipinski definition) is 2. The van der Waals surface area contributed by atoms with E-state index in [-0.39, 0.29) is 0 Å². The molecule has 0 radical (unpaired) electrons. The van der Waals surface area contributed by atoms with Crippen LogP contribution in [-0.4, -0.2) is 30.4 Å². The molecule has 0 saturated heterocycles. The predicted octanol–water partition coefficient (Wildman–Crippen LogP) is 5.94. The zero-order valence-electron chi connectivity index (χ0n) is 19.1. The van der Waals surface area contributed by atoms with Crippen LogP contribution in [0, 0.1) is 5.92 Å². The van der Waals surface area contributed by atoms with Gasteiger partial charge in [0.2, 0.25) is 0 Å². The van der Waals surface area contributed by atoms with Gasteiger partial charge < -0.3 is 0 Å². The minimum absolute atomic E-state index is 0.349. The molecule has 0 bridgehead atoms. The Morgan fingerprint density at radius 1 is 0.875 bits per heavy atom. The lowest BCUT2D eigenvalue weighted by molar-refractivity contribution is -0.121. The van der Waals surface area contributed by atoms with Crippen molar-refractivity contribution in [2.75, 3.05) is 19.8 Å². The zero-order chi connectivity index (χ0) is 22.2. The average Bonchev–Trinajstić information content (AvgIpc) is 2.85. The van der Waals surface area contributed by atoms with Crippen molar-refractivity contribution in [3.8, 4) is 0 Å². The summed E-state index contributed by atoms with van der Waals surface area (Å²) in [6.45, 7) is 1.03. The minimum Gasteiger partial charge on any atom is -0.300 e. The number of Topliss-reactive ketones (excluding diaryl/α,β-unsaturated/α-hetero) is 1. The van der Waals surface area contributed by atoms with Crippen LogP contribution in [-0.2, 0) is 4.79 Å². The topological polar surface area (TPSA) is 20.3 Å². The fourth-order valence-corrected chi connectivity index (χ4v) is 7.44. The van der Waals surface area contributed by atoms with Crippen LogP contribution in [0.3, 0.4) is 0 Å². The van der Waals surface area contributed by atoms with E-state index >= 15 is 0 Å². The highest BCUT2D eigenvalue weighted by atomic mass is 31.1. The monoisotopic (exact) mass is 443 g/mol. The fraction of sp³-hybridized carbons (Fsp3) is 0.345. The van der Waals surface area contributed by atoms with Gasteiger partial charge in [-0.15, -0.1) is 0 Å². The Hall–Kier alpha value is -2.28. The normalized spacial score (nSPS) is 17.6. The summed E-state index contributed by atoms with van der Waals surface area (Å²) in [7, 11) is 1.80. The van der Waals surface area contributed by atoms with Crippen molar-refractivity contribution < 1.29 is 4.79 Å². The number of benzene rings is 3. The van der Waals surface area contributed by atoms with E-state index < -0.39 is 7.92 Å². The maximum atomic E-state index is 11.9. The summed E-state index contributed by atoms with van der Waals surface area (Å²) in [5.74, 6) is 1.01. The third-order valence-corrected chi connectivity index (χ3v) is 9.24. The highest BCUT2D eigenvalue weighted by Crippen LogP contribution is 2.40. The molecule has 0 spiro atoms. The van der Waals surface area contributed by atoms with Gasteiger partial charge in [0.15, 0.2) is 0 Å². The Morgan fingerprint density at radius 2 is 1.44 bits per heavy atom. The number of carbonyl (C=O) groups is 1. The highest BCUT2D eigenvalue weighted by Gasteiger charge is 2.26. The van der Waals surface area contributed by atoms with E-state index in [1.165, 1.54) is 22.6 Å². The van der Waals surface area contributed by atoms with Crippen molar-refractivity contribution >= 4 is 24.3 Å². The second-order valence-corrected chi connectivity index (χ2v) is 11.2. The molecule has 166 valence electrons. The SMILES string of the molecule is CN(CCC1CCCC(=O)C1)C(CP(c1ccccc1)c1ccccc1)c1ccccc1. The molecule has 3 heteroatoms. The third kappa shape index (κ3) is 6.15. The van der Waals surface area contributed by atoms with Crippen molar-refractivity contribution in [3.05, 3.63) is 96.6 Å². The van der Waals surface area contributed by atoms with E-state index in [2.05, 4.69) is 103 Å². The van der Waals surface area contributed by atoms with Crippen LogP contribution in [0.5, 0.6) is 0 Å². The van der Waals surface area contributed by atoms with Gasteiger partial charge in [-0.1, -0.05) is 91.0 Å². The molecule has 0 heterocycles. The molecule has 2 unspecified atom stereocenters. The van der Waals surface area contributed by atoms with E-state index in [1.54, 1.807) is 0 Å². The second-order valence-electron chi connectivity index (χ2n) is 8.98. The molecule has 1 aliphatic carbocycles. The highest BCUT2D eigenvalue weighted by molar-refractivity contribution is 7.73. The van der Waals surface area contributed by atoms with Crippen molar-refractivity contribution in [3.63, 3.8) is 0 Å². The fourth-order valence-electron chi connectivity index (χ4n) is 4.83. The number of hydrogen-bond donors (Lipinski definition) is 0. The summed E-state index contributed by atoms with van der Waals surface area (Å²) in [5, 5.41) is 2.86. The molecule has 3 aromatic carbocycles. The van der Waals surface area contributed by atoms with Crippen molar-refractivity contribution in [2.45, 2.75) is 38.1 Å². The van der Waals surface area contributed by atoms with E-state index in [0.717, 1.165) is 38.4 Å². The number of rotatable bonds is 9. The average molecular weight is 444 g/mol. The lowest BCUT2D eigenvalue weighted by atomic mass is 9.86. The summed E-state index contributed by atoms with van der Waals surface area (Å²) in [6, 6.07) is 33.3. The lowest BCUT2D eigenvalue weighted by Crippen LogP contribution is -2.32.